The molecule has 0 atom stereocenters. The smallest absolute Gasteiger partial charge is 0.270 e. The molecule has 1 aromatic carbocycles. The quantitative estimate of drug-likeness (QED) is 0.813. The highest BCUT2D eigenvalue weighted by atomic mass is 19.1. The summed E-state index contributed by atoms with van der Waals surface area (Å²) in [5, 5.41) is 5.05. The van der Waals surface area contributed by atoms with Crippen molar-refractivity contribution in [2.24, 2.45) is 0 Å². The van der Waals surface area contributed by atoms with Gasteiger partial charge in [-0.05, 0) is 17.7 Å². The molecule has 2 rings (SSSR count). The van der Waals surface area contributed by atoms with Crippen LogP contribution in [0.5, 0.6) is 0 Å². The third-order valence-corrected chi connectivity index (χ3v) is 2.69. The van der Waals surface area contributed by atoms with Gasteiger partial charge in [-0.25, -0.2) is 4.98 Å². The molecule has 0 bridgehead atoms. The Bertz CT molecular complexity index is 632. The maximum absolute atomic E-state index is 12.9. The van der Waals surface area contributed by atoms with Gasteiger partial charge in [-0.3, -0.25) is 9.59 Å². The van der Waals surface area contributed by atoms with Crippen molar-refractivity contribution in [2.75, 3.05) is 6.54 Å². The van der Waals surface area contributed by atoms with Crippen LogP contribution in [0.1, 0.15) is 16.1 Å². The minimum atomic E-state index is -0.740. The lowest BCUT2D eigenvalue weighted by Gasteiger charge is -2.06. The zero-order chi connectivity index (χ0) is 15.1. The summed E-state index contributed by atoms with van der Waals surface area (Å²) in [7, 11) is 0. The summed E-state index contributed by atoms with van der Waals surface area (Å²) >= 11 is 0. The summed E-state index contributed by atoms with van der Waals surface area (Å²) < 4.78 is 12.9. The summed E-state index contributed by atoms with van der Waals surface area (Å²) in [6.07, 6.45) is 0. The Kier molecular flexibility index (Phi) is 4.98. The number of nitrogens with zero attached hydrogens (tertiary/aromatic N) is 1. The monoisotopic (exact) mass is 287 g/mol. The molecule has 0 spiro atoms. The van der Waals surface area contributed by atoms with Crippen LogP contribution in [0.2, 0.25) is 0 Å². The number of halogens is 1. The largest absolute Gasteiger partial charge is 0.350 e. The second-order valence-electron chi connectivity index (χ2n) is 4.29. The molecule has 5 nitrogen and oxygen atoms in total. The van der Waals surface area contributed by atoms with Crippen molar-refractivity contribution in [1.29, 1.82) is 0 Å². The molecule has 1 heterocycles. The van der Waals surface area contributed by atoms with Crippen LogP contribution in [0.3, 0.4) is 0 Å². The van der Waals surface area contributed by atoms with Crippen LogP contribution >= 0.6 is 0 Å². The van der Waals surface area contributed by atoms with Gasteiger partial charge in [0.25, 0.3) is 5.91 Å². The van der Waals surface area contributed by atoms with Crippen molar-refractivity contribution in [3.63, 3.8) is 0 Å². The number of nitrogens with one attached hydrogen (secondary N) is 2. The van der Waals surface area contributed by atoms with Crippen molar-refractivity contribution in [2.45, 2.75) is 6.54 Å². The van der Waals surface area contributed by atoms with Gasteiger partial charge in [0.1, 0.15) is 5.69 Å². The highest BCUT2D eigenvalue weighted by Gasteiger charge is 2.09. The number of amides is 2. The number of hydrogen-bond donors (Lipinski definition) is 2. The Balaban J connectivity index is 1.77. The van der Waals surface area contributed by atoms with Crippen molar-refractivity contribution in [1.82, 2.24) is 15.6 Å². The molecule has 108 valence electrons. The number of pyridine rings is 1. The fourth-order valence-electron chi connectivity index (χ4n) is 1.64. The predicted molar refractivity (Wildman–Crippen MR) is 74.8 cm³/mol. The van der Waals surface area contributed by atoms with Gasteiger partial charge >= 0.3 is 0 Å². The van der Waals surface area contributed by atoms with Crippen LogP contribution < -0.4 is 10.6 Å². The summed E-state index contributed by atoms with van der Waals surface area (Å²) in [5.41, 5.74) is 0.898. The molecular weight excluding hydrogens is 273 g/mol. The first-order chi connectivity index (χ1) is 10.1. The lowest BCUT2D eigenvalue weighted by molar-refractivity contribution is -0.120. The van der Waals surface area contributed by atoms with E-state index in [9.17, 15) is 14.0 Å². The van der Waals surface area contributed by atoms with E-state index in [2.05, 4.69) is 15.6 Å². The van der Waals surface area contributed by atoms with Crippen LogP contribution in [0.15, 0.2) is 48.5 Å². The first-order valence-electron chi connectivity index (χ1n) is 6.36. The van der Waals surface area contributed by atoms with Crippen molar-refractivity contribution >= 4 is 11.8 Å². The molecule has 0 radical (unpaired) electrons. The highest BCUT2D eigenvalue weighted by Crippen LogP contribution is 1.98. The van der Waals surface area contributed by atoms with E-state index >= 15 is 0 Å². The fourth-order valence-corrected chi connectivity index (χ4v) is 1.64. The molecule has 0 fully saturated rings. The van der Waals surface area contributed by atoms with Crippen LogP contribution in [-0.4, -0.2) is 23.3 Å². The van der Waals surface area contributed by atoms with Gasteiger partial charge in [0.05, 0.1) is 6.54 Å². The van der Waals surface area contributed by atoms with E-state index in [4.69, 9.17) is 0 Å². The Hall–Kier alpha value is -2.76. The molecule has 0 aliphatic heterocycles. The van der Waals surface area contributed by atoms with E-state index in [1.165, 1.54) is 12.1 Å². The van der Waals surface area contributed by atoms with Gasteiger partial charge in [-0.2, -0.15) is 4.39 Å². The van der Waals surface area contributed by atoms with Crippen molar-refractivity contribution < 1.29 is 14.0 Å². The summed E-state index contributed by atoms with van der Waals surface area (Å²) in [6, 6.07) is 13.3. The molecule has 1 aromatic heterocycles. The molecule has 0 saturated heterocycles. The number of carbonyl (C=O) groups is 2. The highest BCUT2D eigenvalue weighted by molar-refractivity contribution is 5.94. The fraction of sp³-hybridized carbons (Fsp3) is 0.133. The number of carbonyl (C=O) groups excluding carboxylic acids is 2. The molecule has 0 saturated carbocycles. The third-order valence-electron chi connectivity index (χ3n) is 2.69. The molecule has 2 amide bonds. The normalized spacial score (nSPS) is 9.95. The van der Waals surface area contributed by atoms with Gasteiger partial charge in [-0.1, -0.05) is 36.4 Å². The standard InChI is InChI=1S/C15H14FN3O2/c16-13-8-4-7-12(19-13)15(21)18-10-14(20)17-9-11-5-2-1-3-6-11/h1-8H,9-10H2,(H,17,20)(H,18,21). The Morgan fingerprint density at radius 2 is 1.76 bits per heavy atom. The first kappa shape index (κ1) is 14.6. The van der Waals surface area contributed by atoms with Gasteiger partial charge in [-0.15, -0.1) is 0 Å². The van der Waals surface area contributed by atoms with E-state index < -0.39 is 11.9 Å². The third kappa shape index (κ3) is 4.68. The predicted octanol–water partition coefficient (Wildman–Crippen LogP) is 1.27. The average molecular weight is 287 g/mol. The molecule has 6 heteroatoms. The number of rotatable bonds is 5. The van der Waals surface area contributed by atoms with Crippen LogP contribution in [-0.2, 0) is 11.3 Å². The van der Waals surface area contributed by atoms with E-state index in [1.807, 2.05) is 30.3 Å². The van der Waals surface area contributed by atoms with Gasteiger partial charge < -0.3 is 10.6 Å². The Morgan fingerprint density at radius 1 is 1.00 bits per heavy atom. The molecule has 0 unspecified atom stereocenters. The number of hydrogen-bond acceptors (Lipinski definition) is 3. The molecule has 21 heavy (non-hydrogen) atoms. The first-order valence-corrected chi connectivity index (χ1v) is 6.36. The molecule has 0 aliphatic carbocycles. The lowest BCUT2D eigenvalue weighted by Crippen LogP contribution is -2.36. The van der Waals surface area contributed by atoms with E-state index in [-0.39, 0.29) is 18.1 Å². The number of benzene rings is 1. The average Bonchev–Trinajstić information content (AvgIpc) is 2.51. The minimum absolute atomic E-state index is 0.0640. The summed E-state index contributed by atoms with van der Waals surface area (Å²) in [6.45, 7) is 0.192. The van der Waals surface area contributed by atoms with E-state index in [0.717, 1.165) is 11.6 Å². The van der Waals surface area contributed by atoms with Crippen LogP contribution in [0, 0.1) is 5.95 Å². The topological polar surface area (TPSA) is 71.1 Å². The summed E-state index contributed by atoms with van der Waals surface area (Å²) in [5.74, 6) is -1.66. The minimum Gasteiger partial charge on any atom is -0.350 e. The van der Waals surface area contributed by atoms with Crippen molar-refractivity contribution in [3.8, 4) is 0 Å². The van der Waals surface area contributed by atoms with Gasteiger partial charge in [0.15, 0.2) is 0 Å². The second kappa shape index (κ2) is 7.14. The second-order valence-corrected chi connectivity index (χ2v) is 4.29. The Labute approximate surface area is 121 Å². The van der Waals surface area contributed by atoms with E-state index in [0.29, 0.717) is 6.54 Å². The lowest BCUT2D eigenvalue weighted by atomic mass is 10.2. The molecule has 2 aromatic rings. The maximum Gasteiger partial charge on any atom is 0.270 e. The Morgan fingerprint density at radius 3 is 2.48 bits per heavy atom. The molecule has 2 N–H and O–H groups in total. The zero-order valence-corrected chi connectivity index (χ0v) is 11.2. The van der Waals surface area contributed by atoms with Crippen LogP contribution in [0.25, 0.3) is 0 Å². The molecular formula is C15H14FN3O2. The zero-order valence-electron chi connectivity index (χ0n) is 11.2. The van der Waals surface area contributed by atoms with Crippen LogP contribution in [0.4, 0.5) is 4.39 Å². The van der Waals surface area contributed by atoms with Crippen molar-refractivity contribution in [3.05, 3.63) is 65.7 Å². The SMILES string of the molecule is O=C(CNC(=O)c1cccc(F)n1)NCc1ccccc1. The summed E-state index contributed by atoms with van der Waals surface area (Å²) in [4.78, 5) is 26.7. The van der Waals surface area contributed by atoms with Gasteiger partial charge in [0, 0.05) is 6.54 Å². The van der Waals surface area contributed by atoms with E-state index in [1.54, 1.807) is 0 Å². The molecule has 0 aliphatic rings. The van der Waals surface area contributed by atoms with Gasteiger partial charge in [0.2, 0.25) is 11.9 Å². The maximum atomic E-state index is 12.9. The number of aromatic nitrogens is 1.